The van der Waals surface area contributed by atoms with Crippen molar-refractivity contribution in [3.8, 4) is 0 Å². The van der Waals surface area contributed by atoms with Crippen molar-refractivity contribution in [2.75, 3.05) is 23.9 Å². The quantitative estimate of drug-likeness (QED) is 0.621. The number of rotatable bonds is 6. The Morgan fingerprint density at radius 1 is 1.27 bits per heavy atom. The van der Waals surface area contributed by atoms with Crippen LogP contribution in [-0.2, 0) is 14.6 Å². The highest BCUT2D eigenvalue weighted by atomic mass is 32.2. The van der Waals surface area contributed by atoms with Gasteiger partial charge in [-0.05, 0) is 43.2 Å². The van der Waals surface area contributed by atoms with Crippen LogP contribution in [0.1, 0.15) is 39.4 Å². The summed E-state index contributed by atoms with van der Waals surface area (Å²) in [6.07, 6.45) is 5.30. The molecule has 2 aromatic heterocycles. The first-order valence-corrected chi connectivity index (χ1v) is 11.1. The Labute approximate surface area is 178 Å². The number of aryl methyl sites for hydroxylation is 1. The fourth-order valence-corrected chi connectivity index (χ4v) is 4.32. The summed E-state index contributed by atoms with van der Waals surface area (Å²) in [5.41, 5.74) is 0.241. The second-order valence-electron chi connectivity index (χ2n) is 7.81. The molecule has 2 saturated carbocycles. The molecule has 2 aliphatic rings. The molecule has 4 rings (SSSR count). The van der Waals surface area contributed by atoms with Gasteiger partial charge >= 0.3 is 0 Å². The number of carbonyl (C=O) groups excluding carboxylic acids is 2. The van der Waals surface area contributed by atoms with Crippen LogP contribution in [0, 0.1) is 18.3 Å². The third kappa shape index (κ3) is 3.84. The van der Waals surface area contributed by atoms with Gasteiger partial charge in [0.1, 0.15) is 10.7 Å². The van der Waals surface area contributed by atoms with E-state index >= 15 is 0 Å². The second-order valence-corrected chi connectivity index (χ2v) is 9.80. The molecule has 1 atom stereocenters. The molecular weight excluding hydrogens is 408 g/mol. The Bertz CT molecular complexity index is 1260. The summed E-state index contributed by atoms with van der Waals surface area (Å²) in [7, 11) is -3.70. The molecule has 10 nitrogen and oxygen atoms in total. The van der Waals surface area contributed by atoms with Crippen molar-refractivity contribution in [2.24, 2.45) is 11.3 Å². The SMILES string of the molecule is [2H]C([2H])([2H])NC(=O)c1nnc(NC(=O)[C@H]2CC23CC3)cc1Nc1ncc(C)cc1S(C)(=O)=O. The van der Waals surface area contributed by atoms with Gasteiger partial charge < -0.3 is 16.0 Å². The Balaban J connectivity index is 1.69. The zero-order valence-electron chi connectivity index (χ0n) is 19.3. The second kappa shape index (κ2) is 7.01. The van der Waals surface area contributed by atoms with Crippen molar-refractivity contribution in [2.45, 2.75) is 31.1 Å². The zero-order valence-corrected chi connectivity index (χ0v) is 17.1. The Hall–Kier alpha value is -3.08. The number of nitrogens with zero attached hydrogens (tertiary/aromatic N) is 3. The lowest BCUT2D eigenvalue weighted by atomic mass is 10.2. The largest absolute Gasteiger partial charge is 0.354 e. The summed E-state index contributed by atoms with van der Waals surface area (Å²) >= 11 is 0. The molecule has 2 aliphatic carbocycles. The number of nitrogens with one attached hydrogen (secondary N) is 3. The molecule has 2 heterocycles. The number of anilines is 3. The van der Waals surface area contributed by atoms with Crippen molar-refractivity contribution in [1.82, 2.24) is 20.5 Å². The van der Waals surface area contributed by atoms with Crippen molar-refractivity contribution in [3.63, 3.8) is 0 Å². The molecule has 0 aromatic carbocycles. The van der Waals surface area contributed by atoms with E-state index in [0.29, 0.717) is 5.56 Å². The fourth-order valence-electron chi connectivity index (χ4n) is 3.47. The number of amides is 2. The molecule has 2 aromatic rings. The molecule has 1 spiro atoms. The standard InChI is InChI=1S/C19H22N6O4S/c1-10-6-13(30(3,28)29)16(21-9-10)22-12-7-14(24-25-15(12)18(27)20-2)23-17(26)11-8-19(11)4-5-19/h6-7,9,11H,4-5,8H2,1-3H3,(H,20,27)(H2,21,22,23,24,26)/t11-/m1/s1/i2D3. The van der Waals surface area contributed by atoms with Crippen LogP contribution in [0.5, 0.6) is 0 Å². The van der Waals surface area contributed by atoms with E-state index < -0.39 is 28.4 Å². The summed E-state index contributed by atoms with van der Waals surface area (Å²) in [5.74, 6) is -1.42. The predicted molar refractivity (Wildman–Crippen MR) is 109 cm³/mol. The van der Waals surface area contributed by atoms with Crippen LogP contribution in [0.25, 0.3) is 0 Å². The van der Waals surface area contributed by atoms with Crippen LogP contribution in [0.2, 0.25) is 0 Å². The first kappa shape index (κ1) is 16.7. The highest BCUT2D eigenvalue weighted by molar-refractivity contribution is 7.90. The molecule has 0 radical (unpaired) electrons. The van der Waals surface area contributed by atoms with Gasteiger partial charge in [0.2, 0.25) is 5.91 Å². The first-order valence-electron chi connectivity index (χ1n) is 10.7. The van der Waals surface area contributed by atoms with Gasteiger partial charge in [-0.15, -0.1) is 10.2 Å². The summed E-state index contributed by atoms with van der Waals surface area (Å²) in [4.78, 5) is 29.0. The van der Waals surface area contributed by atoms with E-state index in [1.807, 2.05) is 5.32 Å². The van der Waals surface area contributed by atoms with Gasteiger partial charge in [-0.2, -0.15) is 0 Å². The molecule has 0 aliphatic heterocycles. The van der Waals surface area contributed by atoms with Crippen LogP contribution < -0.4 is 16.0 Å². The maximum atomic E-state index is 12.5. The van der Waals surface area contributed by atoms with E-state index in [1.165, 1.54) is 18.3 Å². The molecule has 158 valence electrons. The molecule has 0 saturated heterocycles. The minimum absolute atomic E-state index is 0.0312. The lowest BCUT2D eigenvalue weighted by Gasteiger charge is -2.14. The van der Waals surface area contributed by atoms with Gasteiger partial charge in [-0.1, -0.05) is 0 Å². The van der Waals surface area contributed by atoms with E-state index in [9.17, 15) is 18.0 Å². The number of hydrogen-bond acceptors (Lipinski definition) is 8. The monoisotopic (exact) mass is 433 g/mol. The fraction of sp³-hybridized carbons (Fsp3) is 0.421. The van der Waals surface area contributed by atoms with Gasteiger partial charge in [0, 0.05) is 35.5 Å². The Morgan fingerprint density at radius 3 is 2.67 bits per heavy atom. The maximum absolute atomic E-state index is 12.5. The van der Waals surface area contributed by atoms with Crippen LogP contribution in [-0.4, -0.2) is 48.6 Å². The van der Waals surface area contributed by atoms with Crippen molar-refractivity contribution in [3.05, 3.63) is 29.6 Å². The van der Waals surface area contributed by atoms with Crippen LogP contribution in [0.4, 0.5) is 17.3 Å². The molecule has 2 fully saturated rings. The number of hydrogen-bond donors (Lipinski definition) is 3. The summed E-state index contributed by atoms with van der Waals surface area (Å²) in [5, 5.41) is 14.8. The number of sulfone groups is 1. The third-order valence-corrected chi connectivity index (χ3v) is 6.52. The van der Waals surface area contributed by atoms with Crippen LogP contribution >= 0.6 is 0 Å². The van der Waals surface area contributed by atoms with Crippen LogP contribution in [0.3, 0.4) is 0 Å². The smallest absolute Gasteiger partial charge is 0.273 e. The minimum Gasteiger partial charge on any atom is -0.354 e. The summed E-state index contributed by atoms with van der Waals surface area (Å²) < 4.78 is 46.3. The van der Waals surface area contributed by atoms with Gasteiger partial charge in [0.15, 0.2) is 21.3 Å². The van der Waals surface area contributed by atoms with Crippen LogP contribution in [0.15, 0.2) is 23.2 Å². The van der Waals surface area contributed by atoms with Crippen molar-refractivity contribution < 1.29 is 22.1 Å². The first-order chi connectivity index (χ1) is 15.3. The predicted octanol–water partition coefficient (Wildman–Crippen LogP) is 1.43. The molecule has 0 bridgehead atoms. The number of pyridine rings is 1. The average Bonchev–Trinajstić information content (AvgIpc) is 3.60. The topological polar surface area (TPSA) is 143 Å². The summed E-state index contributed by atoms with van der Waals surface area (Å²) in [6.45, 7) is -1.11. The highest BCUT2D eigenvalue weighted by Gasteiger charge is 2.65. The van der Waals surface area contributed by atoms with Gasteiger partial charge in [-0.25, -0.2) is 13.4 Å². The van der Waals surface area contributed by atoms with E-state index in [2.05, 4.69) is 25.8 Å². The Kier molecular flexibility index (Phi) is 3.90. The molecule has 0 unspecified atom stereocenters. The molecule has 30 heavy (non-hydrogen) atoms. The van der Waals surface area contributed by atoms with E-state index in [1.54, 1.807) is 6.92 Å². The van der Waals surface area contributed by atoms with Gasteiger partial charge in [0.25, 0.3) is 5.91 Å². The Morgan fingerprint density at radius 2 is 2.03 bits per heavy atom. The molecule has 2 amide bonds. The molecule has 3 N–H and O–H groups in total. The van der Waals surface area contributed by atoms with Crippen molar-refractivity contribution >= 4 is 39.0 Å². The normalized spacial score (nSPS) is 20.5. The lowest BCUT2D eigenvalue weighted by Crippen LogP contribution is -2.23. The lowest BCUT2D eigenvalue weighted by molar-refractivity contribution is -0.117. The molecular formula is C19H22N6O4S. The minimum atomic E-state index is -3.70. The third-order valence-electron chi connectivity index (χ3n) is 5.41. The van der Waals surface area contributed by atoms with E-state index in [0.717, 1.165) is 25.5 Å². The number of aromatic nitrogens is 3. The van der Waals surface area contributed by atoms with Crippen molar-refractivity contribution in [1.29, 1.82) is 0 Å². The van der Waals surface area contributed by atoms with Gasteiger partial charge in [0.05, 0.1) is 5.69 Å². The van der Waals surface area contributed by atoms with E-state index in [-0.39, 0.29) is 39.5 Å². The summed E-state index contributed by atoms with van der Waals surface area (Å²) in [6, 6.07) is 2.70. The molecule has 11 heteroatoms. The van der Waals surface area contributed by atoms with Gasteiger partial charge in [-0.3, -0.25) is 9.59 Å². The average molecular weight is 434 g/mol. The zero-order chi connectivity index (χ0) is 24.2. The number of carbonyl (C=O) groups is 2. The maximum Gasteiger partial charge on any atom is 0.273 e. The van der Waals surface area contributed by atoms with E-state index in [4.69, 9.17) is 4.11 Å². The highest BCUT2D eigenvalue weighted by Crippen LogP contribution is 2.70.